The highest BCUT2D eigenvalue weighted by atomic mass is 19.4. The van der Waals surface area contributed by atoms with E-state index in [2.05, 4.69) is 0 Å². The number of rotatable bonds is 4. The van der Waals surface area contributed by atoms with Crippen molar-refractivity contribution in [1.82, 2.24) is 0 Å². The Labute approximate surface area is 106 Å². The lowest BCUT2D eigenvalue weighted by molar-refractivity contribution is -0.143. The van der Waals surface area contributed by atoms with E-state index in [-0.39, 0.29) is 12.7 Å². The molecule has 0 fully saturated rings. The summed E-state index contributed by atoms with van der Waals surface area (Å²) in [6, 6.07) is 1.36. The number of alkyl halides is 6. The first kappa shape index (κ1) is 15.7. The van der Waals surface area contributed by atoms with Gasteiger partial charge >= 0.3 is 12.4 Å². The van der Waals surface area contributed by atoms with Crippen LogP contribution in [0.5, 0.6) is 5.75 Å². The van der Waals surface area contributed by atoms with Gasteiger partial charge < -0.3 is 4.74 Å². The van der Waals surface area contributed by atoms with Crippen LogP contribution in [0.3, 0.4) is 0 Å². The highest BCUT2D eigenvalue weighted by Crippen LogP contribution is 2.40. The smallest absolute Gasteiger partial charge is 0.419 e. The molecule has 0 saturated heterocycles. The zero-order valence-corrected chi connectivity index (χ0v) is 10.0. The summed E-state index contributed by atoms with van der Waals surface area (Å²) < 4.78 is 80.1. The van der Waals surface area contributed by atoms with Crippen LogP contribution in [0, 0.1) is 0 Å². The summed E-state index contributed by atoms with van der Waals surface area (Å²) in [6.45, 7) is 1.85. The molecule has 0 aromatic heterocycles. The molecule has 0 aliphatic rings. The zero-order valence-electron chi connectivity index (χ0n) is 10.0. The Hall–Kier alpha value is -1.40. The van der Waals surface area contributed by atoms with Crippen molar-refractivity contribution < 1.29 is 31.1 Å². The maximum absolute atomic E-state index is 12.7. The van der Waals surface area contributed by atoms with Gasteiger partial charge in [-0.05, 0) is 24.6 Å². The van der Waals surface area contributed by atoms with Gasteiger partial charge in [0.15, 0.2) is 0 Å². The highest BCUT2D eigenvalue weighted by Gasteiger charge is 2.38. The van der Waals surface area contributed by atoms with Crippen LogP contribution in [0.15, 0.2) is 18.2 Å². The molecule has 0 saturated carbocycles. The molecule has 0 radical (unpaired) electrons. The molecule has 1 aromatic carbocycles. The van der Waals surface area contributed by atoms with Gasteiger partial charge in [-0.25, -0.2) is 0 Å². The number of ether oxygens (including phenoxy) is 1. The average molecular weight is 286 g/mol. The third-order valence-electron chi connectivity index (χ3n) is 2.37. The minimum absolute atomic E-state index is 0.0327. The van der Waals surface area contributed by atoms with Gasteiger partial charge in [0.2, 0.25) is 0 Å². The van der Waals surface area contributed by atoms with E-state index in [1.54, 1.807) is 0 Å². The summed E-state index contributed by atoms with van der Waals surface area (Å²) >= 11 is 0. The van der Waals surface area contributed by atoms with Crippen molar-refractivity contribution >= 4 is 0 Å². The largest absolute Gasteiger partial charge is 0.493 e. The van der Waals surface area contributed by atoms with Crippen LogP contribution in [0.2, 0.25) is 0 Å². The minimum atomic E-state index is -4.89. The van der Waals surface area contributed by atoms with Crippen LogP contribution in [-0.2, 0) is 12.4 Å². The van der Waals surface area contributed by atoms with Crippen molar-refractivity contribution in [3.05, 3.63) is 29.3 Å². The molecule has 108 valence electrons. The SMILES string of the molecule is CCCCOc1ccc(C(F)(F)F)cc1C(F)(F)F. The second-order valence-corrected chi connectivity index (χ2v) is 3.91. The Kier molecular flexibility index (Phi) is 4.70. The molecule has 0 atom stereocenters. The van der Waals surface area contributed by atoms with E-state index in [1.165, 1.54) is 0 Å². The molecule has 0 heterocycles. The van der Waals surface area contributed by atoms with E-state index in [4.69, 9.17) is 4.74 Å². The number of hydrogen-bond donors (Lipinski definition) is 0. The summed E-state index contributed by atoms with van der Waals surface area (Å²) in [7, 11) is 0. The fourth-order valence-electron chi connectivity index (χ4n) is 1.38. The van der Waals surface area contributed by atoms with Gasteiger partial charge in [-0.2, -0.15) is 26.3 Å². The van der Waals surface area contributed by atoms with E-state index >= 15 is 0 Å². The Bertz CT molecular complexity index is 421. The van der Waals surface area contributed by atoms with Gasteiger partial charge in [0.25, 0.3) is 0 Å². The fourth-order valence-corrected chi connectivity index (χ4v) is 1.38. The molecule has 0 aliphatic carbocycles. The Morgan fingerprint density at radius 3 is 2.11 bits per heavy atom. The van der Waals surface area contributed by atoms with Gasteiger partial charge in [0.1, 0.15) is 5.75 Å². The Morgan fingerprint density at radius 2 is 1.63 bits per heavy atom. The molecule has 0 bridgehead atoms. The van der Waals surface area contributed by atoms with Gasteiger partial charge in [0.05, 0.1) is 17.7 Å². The topological polar surface area (TPSA) is 9.23 Å². The van der Waals surface area contributed by atoms with Crippen molar-refractivity contribution in [3.8, 4) is 5.75 Å². The summed E-state index contributed by atoms with van der Waals surface area (Å²) in [5, 5.41) is 0. The van der Waals surface area contributed by atoms with E-state index in [9.17, 15) is 26.3 Å². The predicted octanol–water partition coefficient (Wildman–Crippen LogP) is 4.90. The van der Waals surface area contributed by atoms with Gasteiger partial charge in [-0.1, -0.05) is 13.3 Å². The minimum Gasteiger partial charge on any atom is -0.493 e. The van der Waals surface area contributed by atoms with Crippen molar-refractivity contribution in [2.24, 2.45) is 0 Å². The normalized spacial score (nSPS) is 12.6. The molecule has 1 rings (SSSR count). The number of hydrogen-bond acceptors (Lipinski definition) is 1. The summed E-state index contributed by atoms with van der Waals surface area (Å²) in [5.41, 5.74) is -2.75. The maximum Gasteiger partial charge on any atom is 0.419 e. The first-order chi connectivity index (χ1) is 8.66. The number of benzene rings is 1. The molecule has 0 spiro atoms. The highest BCUT2D eigenvalue weighted by molar-refractivity contribution is 5.40. The lowest BCUT2D eigenvalue weighted by Gasteiger charge is -2.16. The predicted molar refractivity (Wildman–Crippen MR) is 56.8 cm³/mol. The second kappa shape index (κ2) is 5.71. The first-order valence-electron chi connectivity index (χ1n) is 5.57. The van der Waals surface area contributed by atoms with Crippen molar-refractivity contribution in [3.63, 3.8) is 0 Å². The average Bonchev–Trinajstić information content (AvgIpc) is 2.27. The van der Waals surface area contributed by atoms with E-state index in [0.29, 0.717) is 25.0 Å². The van der Waals surface area contributed by atoms with Crippen molar-refractivity contribution in [1.29, 1.82) is 0 Å². The molecular formula is C12H12F6O. The van der Waals surface area contributed by atoms with E-state index in [1.807, 2.05) is 6.92 Å². The zero-order chi connectivity index (χ0) is 14.7. The molecule has 1 aromatic rings. The summed E-state index contributed by atoms with van der Waals surface area (Å²) in [5.74, 6) is -0.575. The quantitative estimate of drug-likeness (QED) is 0.565. The molecule has 0 unspecified atom stereocenters. The third kappa shape index (κ3) is 4.33. The second-order valence-electron chi connectivity index (χ2n) is 3.91. The van der Waals surface area contributed by atoms with Crippen molar-refractivity contribution in [2.75, 3.05) is 6.61 Å². The standard InChI is InChI=1S/C12H12F6O/c1-2-3-6-19-10-5-4-8(11(13,14)15)7-9(10)12(16,17)18/h4-5,7H,2-3,6H2,1H3. The molecule has 7 heteroatoms. The fraction of sp³-hybridized carbons (Fsp3) is 0.500. The van der Waals surface area contributed by atoms with E-state index in [0.717, 1.165) is 0 Å². The van der Waals surface area contributed by atoms with Gasteiger partial charge in [-0.15, -0.1) is 0 Å². The Morgan fingerprint density at radius 1 is 1.00 bits per heavy atom. The van der Waals surface area contributed by atoms with Crippen LogP contribution >= 0.6 is 0 Å². The summed E-state index contributed by atoms with van der Waals surface area (Å²) in [4.78, 5) is 0. The third-order valence-corrected chi connectivity index (χ3v) is 2.37. The maximum atomic E-state index is 12.7. The molecule has 19 heavy (non-hydrogen) atoms. The molecule has 1 nitrogen and oxygen atoms in total. The molecular weight excluding hydrogens is 274 g/mol. The lowest BCUT2D eigenvalue weighted by atomic mass is 10.1. The lowest BCUT2D eigenvalue weighted by Crippen LogP contribution is -2.13. The monoisotopic (exact) mass is 286 g/mol. The molecule has 0 amide bonds. The van der Waals surface area contributed by atoms with E-state index < -0.39 is 29.2 Å². The van der Waals surface area contributed by atoms with Gasteiger partial charge in [0, 0.05) is 0 Å². The molecule has 0 aliphatic heterocycles. The Balaban J connectivity index is 3.11. The van der Waals surface area contributed by atoms with Crippen molar-refractivity contribution in [2.45, 2.75) is 32.1 Å². The van der Waals surface area contributed by atoms with Crippen LogP contribution in [0.1, 0.15) is 30.9 Å². The van der Waals surface area contributed by atoms with Crippen LogP contribution in [-0.4, -0.2) is 6.61 Å². The van der Waals surface area contributed by atoms with Crippen LogP contribution in [0.4, 0.5) is 26.3 Å². The first-order valence-corrected chi connectivity index (χ1v) is 5.57. The van der Waals surface area contributed by atoms with Crippen LogP contribution in [0.25, 0.3) is 0 Å². The van der Waals surface area contributed by atoms with Gasteiger partial charge in [-0.3, -0.25) is 0 Å². The summed E-state index contributed by atoms with van der Waals surface area (Å²) in [6.07, 6.45) is -8.47. The number of halogens is 6. The molecule has 0 N–H and O–H groups in total. The van der Waals surface area contributed by atoms with Crippen LogP contribution < -0.4 is 4.74 Å². The number of unbranched alkanes of at least 4 members (excludes halogenated alkanes) is 1.